The van der Waals surface area contributed by atoms with Crippen LogP contribution in [0.4, 0.5) is 16.0 Å². The van der Waals surface area contributed by atoms with Crippen molar-refractivity contribution in [3.05, 3.63) is 48.3 Å². The van der Waals surface area contributed by atoms with Crippen molar-refractivity contribution >= 4 is 22.7 Å². The van der Waals surface area contributed by atoms with Crippen molar-refractivity contribution in [3.63, 3.8) is 0 Å². The van der Waals surface area contributed by atoms with Crippen molar-refractivity contribution in [2.24, 2.45) is 7.05 Å². The van der Waals surface area contributed by atoms with Gasteiger partial charge < -0.3 is 19.9 Å². The highest BCUT2D eigenvalue weighted by Crippen LogP contribution is 2.26. The summed E-state index contributed by atoms with van der Waals surface area (Å²) < 4.78 is 21.0. The van der Waals surface area contributed by atoms with Crippen LogP contribution in [0.25, 0.3) is 11.0 Å². The SMILES string of the molecule is Cn1c(N2CCC(Oc3ccc(F)cc3)CC2)nc2cc(N)ccc21. The summed E-state index contributed by atoms with van der Waals surface area (Å²) in [6.45, 7) is 1.75. The van der Waals surface area contributed by atoms with E-state index in [1.807, 2.05) is 25.2 Å². The van der Waals surface area contributed by atoms with Gasteiger partial charge in [-0.3, -0.25) is 0 Å². The van der Waals surface area contributed by atoms with E-state index in [4.69, 9.17) is 15.5 Å². The van der Waals surface area contributed by atoms with Gasteiger partial charge in [0.25, 0.3) is 0 Å². The Bertz CT molecular complexity index is 882. The molecule has 1 aliphatic rings. The zero-order chi connectivity index (χ0) is 17.4. The quantitative estimate of drug-likeness (QED) is 0.743. The lowest BCUT2D eigenvalue weighted by atomic mass is 10.1. The van der Waals surface area contributed by atoms with Crippen molar-refractivity contribution in [3.8, 4) is 5.75 Å². The van der Waals surface area contributed by atoms with Gasteiger partial charge in [-0.25, -0.2) is 9.37 Å². The maximum absolute atomic E-state index is 13.0. The molecule has 2 N–H and O–H groups in total. The van der Waals surface area contributed by atoms with Crippen LogP contribution in [0, 0.1) is 5.82 Å². The van der Waals surface area contributed by atoms with Gasteiger partial charge in [-0.15, -0.1) is 0 Å². The number of fused-ring (bicyclic) bond motifs is 1. The number of nitrogens with two attached hydrogens (primary N) is 1. The second kappa shape index (κ2) is 6.27. The van der Waals surface area contributed by atoms with Gasteiger partial charge >= 0.3 is 0 Å². The van der Waals surface area contributed by atoms with Crippen molar-refractivity contribution < 1.29 is 9.13 Å². The van der Waals surface area contributed by atoms with Gasteiger partial charge in [-0.1, -0.05) is 0 Å². The molecule has 1 aromatic heterocycles. The van der Waals surface area contributed by atoms with Crippen molar-refractivity contribution in [1.82, 2.24) is 9.55 Å². The molecule has 1 fully saturated rings. The number of aromatic nitrogens is 2. The Balaban J connectivity index is 1.45. The molecular weight excluding hydrogens is 319 g/mol. The minimum atomic E-state index is -0.246. The molecule has 25 heavy (non-hydrogen) atoms. The number of ether oxygens (including phenoxy) is 1. The molecule has 4 rings (SSSR count). The van der Waals surface area contributed by atoms with Gasteiger partial charge in [0, 0.05) is 38.7 Å². The van der Waals surface area contributed by atoms with Gasteiger partial charge in [-0.2, -0.15) is 0 Å². The summed E-state index contributed by atoms with van der Waals surface area (Å²) in [6.07, 6.45) is 1.96. The lowest BCUT2D eigenvalue weighted by Gasteiger charge is -2.32. The molecule has 0 radical (unpaired) electrons. The summed E-state index contributed by atoms with van der Waals surface area (Å²) in [6, 6.07) is 12.0. The van der Waals surface area contributed by atoms with E-state index in [1.165, 1.54) is 12.1 Å². The monoisotopic (exact) mass is 340 g/mol. The number of imidazole rings is 1. The number of halogens is 1. The van der Waals surface area contributed by atoms with Crippen LogP contribution in [0.3, 0.4) is 0 Å². The van der Waals surface area contributed by atoms with Crippen LogP contribution in [-0.4, -0.2) is 28.7 Å². The van der Waals surface area contributed by atoms with Gasteiger partial charge in [0.15, 0.2) is 0 Å². The fourth-order valence-electron chi connectivity index (χ4n) is 3.37. The number of anilines is 2. The third kappa shape index (κ3) is 3.12. The van der Waals surface area contributed by atoms with E-state index in [9.17, 15) is 4.39 Å². The number of rotatable bonds is 3. The Morgan fingerprint density at radius 3 is 2.56 bits per heavy atom. The maximum Gasteiger partial charge on any atom is 0.206 e. The smallest absolute Gasteiger partial charge is 0.206 e. The van der Waals surface area contributed by atoms with Gasteiger partial charge in [-0.05, 0) is 42.5 Å². The molecule has 1 saturated heterocycles. The van der Waals surface area contributed by atoms with Crippen LogP contribution in [0.5, 0.6) is 5.75 Å². The number of aryl methyl sites for hydroxylation is 1. The number of nitrogen functional groups attached to an aromatic ring is 1. The third-order valence-electron chi connectivity index (χ3n) is 4.72. The summed E-state index contributed by atoms with van der Waals surface area (Å²) in [5, 5.41) is 0. The topological polar surface area (TPSA) is 56.3 Å². The second-order valence-electron chi connectivity index (χ2n) is 6.48. The molecule has 0 atom stereocenters. The highest BCUT2D eigenvalue weighted by molar-refractivity contribution is 5.82. The first-order valence-electron chi connectivity index (χ1n) is 8.49. The molecule has 0 unspecified atom stereocenters. The highest BCUT2D eigenvalue weighted by atomic mass is 19.1. The molecule has 2 aromatic carbocycles. The first-order chi connectivity index (χ1) is 12.1. The average molecular weight is 340 g/mol. The summed E-state index contributed by atoms with van der Waals surface area (Å²) in [7, 11) is 2.03. The predicted molar refractivity (Wildman–Crippen MR) is 97.4 cm³/mol. The molecule has 6 heteroatoms. The average Bonchev–Trinajstić information content (AvgIpc) is 2.94. The second-order valence-corrected chi connectivity index (χ2v) is 6.48. The summed E-state index contributed by atoms with van der Waals surface area (Å²) in [4.78, 5) is 7.02. The summed E-state index contributed by atoms with van der Waals surface area (Å²) in [5.74, 6) is 1.43. The molecule has 3 aromatic rings. The van der Waals surface area contributed by atoms with E-state index < -0.39 is 0 Å². The molecule has 130 valence electrons. The van der Waals surface area contributed by atoms with Crippen LogP contribution in [-0.2, 0) is 7.05 Å². The Hall–Kier alpha value is -2.76. The fourth-order valence-corrected chi connectivity index (χ4v) is 3.37. The standard InChI is InChI=1S/C19H21FN4O/c1-23-18-7-4-14(21)12-17(18)22-19(23)24-10-8-16(9-11-24)25-15-5-2-13(20)3-6-15/h2-7,12,16H,8-11,21H2,1H3. The zero-order valence-corrected chi connectivity index (χ0v) is 14.2. The number of hydrogen-bond acceptors (Lipinski definition) is 4. The molecule has 0 aliphatic carbocycles. The summed E-state index contributed by atoms with van der Waals surface area (Å²) in [5.41, 5.74) is 8.58. The molecule has 2 heterocycles. The fraction of sp³-hybridized carbons (Fsp3) is 0.316. The lowest BCUT2D eigenvalue weighted by Crippen LogP contribution is -2.39. The van der Waals surface area contributed by atoms with E-state index in [2.05, 4.69) is 9.47 Å². The molecule has 0 saturated carbocycles. The van der Waals surface area contributed by atoms with E-state index in [1.54, 1.807) is 12.1 Å². The Kier molecular flexibility index (Phi) is 3.95. The molecule has 0 spiro atoms. The molecule has 0 bridgehead atoms. The third-order valence-corrected chi connectivity index (χ3v) is 4.72. The molecule has 5 nitrogen and oxygen atoms in total. The van der Waals surface area contributed by atoms with E-state index in [-0.39, 0.29) is 11.9 Å². The predicted octanol–water partition coefficient (Wildman–Crippen LogP) is 3.34. The van der Waals surface area contributed by atoms with E-state index in [0.717, 1.165) is 54.3 Å². The van der Waals surface area contributed by atoms with E-state index in [0.29, 0.717) is 0 Å². The Morgan fingerprint density at radius 1 is 1.12 bits per heavy atom. The summed E-state index contributed by atoms with van der Waals surface area (Å²) >= 11 is 0. The maximum atomic E-state index is 13.0. The number of hydrogen-bond donors (Lipinski definition) is 1. The Morgan fingerprint density at radius 2 is 1.84 bits per heavy atom. The molecular formula is C19H21FN4O. The minimum absolute atomic E-state index is 0.145. The minimum Gasteiger partial charge on any atom is -0.490 e. The van der Waals surface area contributed by atoms with Crippen LogP contribution in [0.15, 0.2) is 42.5 Å². The number of nitrogens with zero attached hydrogens (tertiary/aromatic N) is 3. The molecule has 0 amide bonds. The lowest BCUT2D eigenvalue weighted by molar-refractivity contribution is 0.170. The van der Waals surface area contributed by atoms with Crippen molar-refractivity contribution in [2.75, 3.05) is 23.7 Å². The van der Waals surface area contributed by atoms with E-state index >= 15 is 0 Å². The number of piperidine rings is 1. The Labute approximate surface area is 145 Å². The van der Waals surface area contributed by atoms with Crippen LogP contribution >= 0.6 is 0 Å². The van der Waals surface area contributed by atoms with Gasteiger partial charge in [0.2, 0.25) is 5.95 Å². The van der Waals surface area contributed by atoms with Gasteiger partial charge in [0.1, 0.15) is 17.7 Å². The largest absolute Gasteiger partial charge is 0.490 e. The van der Waals surface area contributed by atoms with Crippen LogP contribution in [0.2, 0.25) is 0 Å². The highest BCUT2D eigenvalue weighted by Gasteiger charge is 2.24. The molecule has 1 aliphatic heterocycles. The zero-order valence-electron chi connectivity index (χ0n) is 14.2. The van der Waals surface area contributed by atoms with Crippen molar-refractivity contribution in [1.29, 1.82) is 0 Å². The normalized spacial score (nSPS) is 15.7. The van der Waals surface area contributed by atoms with Crippen molar-refractivity contribution in [2.45, 2.75) is 18.9 Å². The van der Waals surface area contributed by atoms with Crippen LogP contribution < -0.4 is 15.4 Å². The number of benzene rings is 2. The van der Waals surface area contributed by atoms with Gasteiger partial charge in [0.05, 0.1) is 11.0 Å². The van der Waals surface area contributed by atoms with Crippen LogP contribution in [0.1, 0.15) is 12.8 Å². The first-order valence-corrected chi connectivity index (χ1v) is 8.49. The first kappa shape index (κ1) is 15.7.